The Kier molecular flexibility index (Phi) is 5.96. The van der Waals surface area contributed by atoms with Gasteiger partial charge in [-0.2, -0.15) is 0 Å². The SMILES string of the molecule is O=c1c2ccccc2nc(-c2ccccc2)n1-c1ccc(-n2c3ccccc3c3cc(-c4ccc5oc6ccccc6c5c4)ccc32)cc1. The highest BCUT2D eigenvalue weighted by Crippen LogP contribution is 2.37. The van der Waals surface area contributed by atoms with Crippen LogP contribution in [0.25, 0.3) is 88.5 Å². The minimum absolute atomic E-state index is 0.0943. The Morgan fingerprint density at radius 1 is 0.429 bits per heavy atom. The van der Waals surface area contributed by atoms with Crippen molar-refractivity contribution in [2.75, 3.05) is 0 Å². The van der Waals surface area contributed by atoms with Crippen LogP contribution >= 0.6 is 0 Å². The lowest BCUT2D eigenvalue weighted by atomic mass is 10.0. The first-order valence-corrected chi connectivity index (χ1v) is 16.3. The number of benzene rings is 7. The highest BCUT2D eigenvalue weighted by Gasteiger charge is 2.17. The molecule has 0 fully saturated rings. The van der Waals surface area contributed by atoms with E-state index in [0.717, 1.165) is 61.0 Å². The molecule has 3 heterocycles. The summed E-state index contributed by atoms with van der Waals surface area (Å²) in [5.41, 5.74) is 9.56. The topological polar surface area (TPSA) is 53.0 Å². The van der Waals surface area contributed by atoms with E-state index >= 15 is 0 Å². The Balaban J connectivity index is 1.12. The maximum atomic E-state index is 14.0. The van der Waals surface area contributed by atoms with Gasteiger partial charge in [0.2, 0.25) is 0 Å². The molecule has 0 amide bonds. The monoisotopic (exact) mass is 629 g/mol. The van der Waals surface area contributed by atoms with E-state index in [-0.39, 0.29) is 5.56 Å². The fraction of sp³-hybridized carbons (Fsp3) is 0. The summed E-state index contributed by atoms with van der Waals surface area (Å²) in [6.45, 7) is 0. The van der Waals surface area contributed by atoms with E-state index in [1.807, 2.05) is 78.9 Å². The van der Waals surface area contributed by atoms with E-state index in [4.69, 9.17) is 9.40 Å². The molecule has 0 radical (unpaired) electrons. The molecule has 0 unspecified atom stereocenters. The van der Waals surface area contributed by atoms with Crippen molar-refractivity contribution in [2.24, 2.45) is 0 Å². The smallest absolute Gasteiger partial charge is 0.266 e. The summed E-state index contributed by atoms with van der Waals surface area (Å²) >= 11 is 0. The molecule has 10 rings (SSSR count). The van der Waals surface area contributed by atoms with Gasteiger partial charge in [0.15, 0.2) is 0 Å². The number of aromatic nitrogens is 3. The molecule has 0 atom stereocenters. The molecule has 0 N–H and O–H groups in total. The number of rotatable bonds is 4. The first kappa shape index (κ1) is 27.4. The average molecular weight is 630 g/mol. The van der Waals surface area contributed by atoms with Gasteiger partial charge in [-0.25, -0.2) is 4.98 Å². The highest BCUT2D eigenvalue weighted by atomic mass is 16.3. The largest absolute Gasteiger partial charge is 0.456 e. The first-order valence-electron chi connectivity index (χ1n) is 16.3. The van der Waals surface area contributed by atoms with Crippen molar-refractivity contribution >= 4 is 54.6 Å². The highest BCUT2D eigenvalue weighted by molar-refractivity contribution is 6.11. The molecule has 0 spiro atoms. The Bertz CT molecular complexity index is 2950. The Labute approximate surface area is 280 Å². The first-order chi connectivity index (χ1) is 24.2. The normalized spacial score (nSPS) is 11.8. The van der Waals surface area contributed by atoms with E-state index in [1.54, 1.807) is 4.57 Å². The van der Waals surface area contributed by atoms with Gasteiger partial charge in [-0.15, -0.1) is 0 Å². The zero-order valence-electron chi connectivity index (χ0n) is 26.2. The van der Waals surface area contributed by atoms with Crippen molar-refractivity contribution < 1.29 is 4.42 Å². The molecule has 10 aromatic rings. The lowest BCUT2D eigenvalue weighted by molar-refractivity contribution is 0.669. The van der Waals surface area contributed by atoms with Crippen LogP contribution in [0.1, 0.15) is 0 Å². The molecule has 0 saturated heterocycles. The fourth-order valence-electron chi connectivity index (χ4n) is 7.24. The second-order valence-electron chi connectivity index (χ2n) is 12.4. The quantitative estimate of drug-likeness (QED) is 0.195. The molecule has 0 aliphatic rings. The van der Waals surface area contributed by atoms with Crippen LogP contribution in [0.2, 0.25) is 0 Å². The van der Waals surface area contributed by atoms with Crippen LogP contribution in [-0.2, 0) is 0 Å². The predicted octanol–water partition coefficient (Wildman–Crippen LogP) is 10.7. The van der Waals surface area contributed by atoms with Gasteiger partial charge in [0.1, 0.15) is 17.0 Å². The van der Waals surface area contributed by atoms with Crippen molar-refractivity contribution in [2.45, 2.75) is 0 Å². The molecule has 49 heavy (non-hydrogen) atoms. The Morgan fingerprint density at radius 3 is 1.84 bits per heavy atom. The Morgan fingerprint density at radius 2 is 1.02 bits per heavy atom. The molecule has 3 aromatic heterocycles. The van der Waals surface area contributed by atoms with Crippen molar-refractivity contribution in [3.63, 3.8) is 0 Å². The summed E-state index contributed by atoms with van der Waals surface area (Å²) in [6, 6.07) is 55.4. The van der Waals surface area contributed by atoms with E-state index in [9.17, 15) is 4.79 Å². The average Bonchev–Trinajstić information content (AvgIpc) is 3.70. The standard InChI is InChI=1S/C44H27N3O2/c48-44-35-14-4-7-15-38(35)45-43(28-10-2-1-3-11-28)47(44)32-22-20-31(21-23-32)46-39-16-8-5-12-33(39)36-26-29(18-24-40(36)46)30-19-25-42-37(27-30)34-13-6-9-17-41(34)49-42/h1-27H. The molecule has 7 aromatic carbocycles. The predicted molar refractivity (Wildman–Crippen MR) is 200 cm³/mol. The zero-order chi connectivity index (χ0) is 32.5. The van der Waals surface area contributed by atoms with Gasteiger partial charge in [-0.3, -0.25) is 9.36 Å². The van der Waals surface area contributed by atoms with Gasteiger partial charge in [0, 0.05) is 32.8 Å². The molecule has 5 heteroatoms. The molecular formula is C44H27N3O2. The number of fused-ring (bicyclic) bond motifs is 7. The fourth-order valence-corrected chi connectivity index (χ4v) is 7.24. The van der Waals surface area contributed by atoms with E-state index < -0.39 is 0 Å². The molecule has 0 saturated carbocycles. The minimum Gasteiger partial charge on any atom is -0.456 e. The van der Waals surface area contributed by atoms with Gasteiger partial charge in [0.05, 0.1) is 27.6 Å². The van der Waals surface area contributed by atoms with Gasteiger partial charge in [-0.05, 0) is 83.9 Å². The van der Waals surface area contributed by atoms with E-state index in [0.29, 0.717) is 16.7 Å². The molecule has 5 nitrogen and oxygen atoms in total. The molecule has 0 bridgehead atoms. The second-order valence-corrected chi connectivity index (χ2v) is 12.4. The summed E-state index contributed by atoms with van der Waals surface area (Å²) < 4.78 is 10.1. The maximum absolute atomic E-state index is 14.0. The lowest BCUT2D eigenvalue weighted by Crippen LogP contribution is -2.22. The van der Waals surface area contributed by atoms with E-state index in [2.05, 4.69) is 89.5 Å². The lowest BCUT2D eigenvalue weighted by Gasteiger charge is -2.15. The molecule has 230 valence electrons. The van der Waals surface area contributed by atoms with Crippen LogP contribution in [0.3, 0.4) is 0 Å². The summed E-state index contributed by atoms with van der Waals surface area (Å²) in [5.74, 6) is 0.614. The summed E-state index contributed by atoms with van der Waals surface area (Å²) in [5, 5.41) is 5.18. The van der Waals surface area contributed by atoms with Crippen LogP contribution < -0.4 is 5.56 Å². The summed E-state index contributed by atoms with van der Waals surface area (Å²) in [7, 11) is 0. The molecule has 0 aliphatic carbocycles. The Hall–Kier alpha value is -6.72. The third-order valence-electron chi connectivity index (χ3n) is 9.56. The third kappa shape index (κ3) is 4.26. The number of hydrogen-bond donors (Lipinski definition) is 0. The van der Waals surface area contributed by atoms with Gasteiger partial charge in [0.25, 0.3) is 5.56 Å². The molecule has 0 aliphatic heterocycles. The van der Waals surface area contributed by atoms with Gasteiger partial charge < -0.3 is 8.98 Å². The minimum atomic E-state index is -0.0943. The van der Waals surface area contributed by atoms with Crippen LogP contribution in [0.15, 0.2) is 173 Å². The molecular weight excluding hydrogens is 603 g/mol. The van der Waals surface area contributed by atoms with Crippen LogP contribution in [0, 0.1) is 0 Å². The summed E-state index contributed by atoms with van der Waals surface area (Å²) in [4.78, 5) is 18.9. The number of nitrogens with zero attached hydrogens (tertiary/aromatic N) is 3. The maximum Gasteiger partial charge on any atom is 0.266 e. The van der Waals surface area contributed by atoms with Crippen molar-refractivity contribution in [1.29, 1.82) is 0 Å². The van der Waals surface area contributed by atoms with Crippen molar-refractivity contribution in [3.8, 4) is 33.9 Å². The van der Waals surface area contributed by atoms with Crippen LogP contribution in [0.5, 0.6) is 0 Å². The third-order valence-corrected chi connectivity index (χ3v) is 9.56. The number of furan rings is 1. The second kappa shape index (κ2) is 10.7. The summed E-state index contributed by atoms with van der Waals surface area (Å²) in [6.07, 6.45) is 0. The zero-order valence-corrected chi connectivity index (χ0v) is 26.2. The van der Waals surface area contributed by atoms with Gasteiger partial charge in [-0.1, -0.05) is 91.0 Å². The van der Waals surface area contributed by atoms with Crippen molar-refractivity contribution in [1.82, 2.24) is 14.1 Å². The number of para-hydroxylation sites is 3. The van der Waals surface area contributed by atoms with Crippen LogP contribution in [-0.4, -0.2) is 14.1 Å². The van der Waals surface area contributed by atoms with E-state index in [1.165, 1.54) is 10.8 Å². The van der Waals surface area contributed by atoms with Crippen LogP contribution in [0.4, 0.5) is 0 Å². The number of hydrogen-bond acceptors (Lipinski definition) is 3. The van der Waals surface area contributed by atoms with Crippen molar-refractivity contribution in [3.05, 3.63) is 174 Å². The van der Waals surface area contributed by atoms with Gasteiger partial charge >= 0.3 is 0 Å².